The number of aromatic nitrogens is 4. The summed E-state index contributed by atoms with van der Waals surface area (Å²) in [4.78, 5) is 49.1. The standard InChI is InChI=1S/C16H15F3N4O4S.C14H15FN4O3S/c1-28(26,27)23(12-5-20-9-21-6-12)8-11-3-2-10(4-13(11)17)14(24)7-22-16(25)15(18)19;1-23(21,22)19(12-6-17-9-18-7-12)8-11-3-2-10(4-13(11)15)14(20)5-16/h2-6,9,15H,7-8H2,1H3,(H,22,25);2-4,6-7,9H,5,8,16H2,1H3. The van der Waals surface area contributed by atoms with Gasteiger partial charge in [0.2, 0.25) is 20.0 Å². The SMILES string of the molecule is CS(=O)(=O)N(Cc1ccc(C(=O)CN)cc1F)c1cncnc1.CS(=O)(=O)N(Cc1ccc(C(=O)CNC(=O)C(F)F)cc1F)c1cncnc1. The average Bonchev–Trinajstić information content (AvgIpc) is 3.08. The lowest BCUT2D eigenvalue weighted by Crippen LogP contribution is -2.34. The Labute approximate surface area is 289 Å². The number of nitrogens with zero attached hydrogens (tertiary/aromatic N) is 6. The highest BCUT2D eigenvalue weighted by atomic mass is 32.2. The molecule has 0 fully saturated rings. The van der Waals surface area contributed by atoms with E-state index in [2.05, 4.69) is 19.9 Å². The summed E-state index contributed by atoms with van der Waals surface area (Å²) in [5.41, 5.74) is 5.63. The van der Waals surface area contributed by atoms with Gasteiger partial charge in [-0.1, -0.05) is 24.3 Å². The minimum Gasteiger partial charge on any atom is -0.344 e. The van der Waals surface area contributed by atoms with Gasteiger partial charge in [0, 0.05) is 22.3 Å². The Balaban J connectivity index is 0.000000281. The third-order valence-corrected chi connectivity index (χ3v) is 8.94. The molecule has 21 heteroatoms. The Hall–Kier alpha value is -5.41. The molecule has 272 valence electrons. The van der Waals surface area contributed by atoms with Gasteiger partial charge in [-0.05, 0) is 12.1 Å². The number of rotatable bonds is 14. The molecule has 4 aromatic rings. The quantitative estimate of drug-likeness (QED) is 0.139. The first-order chi connectivity index (χ1) is 23.9. The molecule has 2 aromatic carbocycles. The number of benzene rings is 2. The summed E-state index contributed by atoms with van der Waals surface area (Å²) >= 11 is 0. The van der Waals surface area contributed by atoms with Crippen molar-refractivity contribution < 1.29 is 48.8 Å². The molecule has 0 saturated heterocycles. The van der Waals surface area contributed by atoms with E-state index < -0.39 is 62.1 Å². The zero-order chi connectivity index (χ0) is 37.9. The van der Waals surface area contributed by atoms with Crippen LogP contribution in [0.2, 0.25) is 0 Å². The highest BCUT2D eigenvalue weighted by Crippen LogP contribution is 2.22. The van der Waals surface area contributed by atoms with Crippen LogP contribution in [0.15, 0.2) is 73.8 Å². The molecule has 0 unspecified atom stereocenters. The van der Waals surface area contributed by atoms with Crippen molar-refractivity contribution in [2.45, 2.75) is 19.5 Å². The zero-order valence-electron chi connectivity index (χ0n) is 26.8. The number of nitrogens with two attached hydrogens (primary N) is 1. The topological polar surface area (TPSA) is 216 Å². The van der Waals surface area contributed by atoms with Crippen LogP contribution in [-0.2, 0) is 37.9 Å². The van der Waals surface area contributed by atoms with Crippen molar-refractivity contribution in [1.29, 1.82) is 0 Å². The number of amides is 1. The lowest BCUT2D eigenvalue weighted by molar-refractivity contribution is -0.131. The van der Waals surface area contributed by atoms with Gasteiger partial charge in [0.1, 0.15) is 24.3 Å². The number of sulfonamides is 2. The summed E-state index contributed by atoms with van der Waals surface area (Å²) in [6, 6.07) is 7.06. The molecule has 4 rings (SSSR count). The summed E-state index contributed by atoms with van der Waals surface area (Å²) in [6.45, 7) is -1.57. The molecular weight excluding hydrogens is 725 g/mol. The van der Waals surface area contributed by atoms with Crippen LogP contribution < -0.4 is 19.7 Å². The van der Waals surface area contributed by atoms with Crippen molar-refractivity contribution in [3.8, 4) is 0 Å². The fraction of sp³-hybridized carbons (Fsp3) is 0.233. The van der Waals surface area contributed by atoms with Gasteiger partial charge in [0.05, 0.1) is 74.9 Å². The Bertz CT molecular complexity index is 2080. The van der Waals surface area contributed by atoms with Crippen LogP contribution in [0, 0.1) is 11.6 Å². The van der Waals surface area contributed by atoms with Gasteiger partial charge in [0.15, 0.2) is 11.6 Å². The highest BCUT2D eigenvalue weighted by molar-refractivity contribution is 7.92. The predicted molar refractivity (Wildman–Crippen MR) is 176 cm³/mol. The van der Waals surface area contributed by atoms with E-state index in [-0.39, 0.29) is 53.3 Å². The van der Waals surface area contributed by atoms with Gasteiger partial charge in [-0.3, -0.25) is 23.0 Å². The number of carbonyl (C=O) groups is 3. The average molecular weight is 755 g/mol. The Morgan fingerprint density at radius 2 is 1.12 bits per heavy atom. The maximum Gasteiger partial charge on any atom is 0.315 e. The van der Waals surface area contributed by atoms with E-state index >= 15 is 0 Å². The monoisotopic (exact) mass is 754 g/mol. The minimum absolute atomic E-state index is 0.0394. The second-order valence-electron chi connectivity index (χ2n) is 10.4. The molecule has 15 nitrogen and oxygen atoms in total. The van der Waals surface area contributed by atoms with Crippen molar-refractivity contribution in [1.82, 2.24) is 25.3 Å². The van der Waals surface area contributed by atoms with Crippen LogP contribution >= 0.6 is 0 Å². The van der Waals surface area contributed by atoms with E-state index in [1.54, 1.807) is 5.32 Å². The molecule has 2 aromatic heterocycles. The van der Waals surface area contributed by atoms with Crippen LogP contribution in [-0.4, -0.2) is 86.3 Å². The van der Waals surface area contributed by atoms with Crippen molar-refractivity contribution >= 4 is 48.9 Å². The van der Waals surface area contributed by atoms with E-state index in [1.807, 2.05) is 0 Å². The molecule has 0 saturated carbocycles. The van der Waals surface area contributed by atoms with Gasteiger partial charge in [-0.2, -0.15) is 8.78 Å². The largest absolute Gasteiger partial charge is 0.344 e. The van der Waals surface area contributed by atoms with Crippen LogP contribution in [0.5, 0.6) is 0 Å². The van der Waals surface area contributed by atoms with Crippen molar-refractivity contribution in [2.75, 3.05) is 34.2 Å². The number of carbonyl (C=O) groups excluding carboxylic acids is 3. The van der Waals surface area contributed by atoms with E-state index in [9.17, 15) is 48.8 Å². The molecular formula is C30H30F4N8O7S2. The van der Waals surface area contributed by atoms with Gasteiger partial charge in [-0.15, -0.1) is 0 Å². The molecule has 0 spiro atoms. The van der Waals surface area contributed by atoms with Crippen LogP contribution in [0.4, 0.5) is 28.9 Å². The lowest BCUT2D eigenvalue weighted by atomic mass is 10.1. The smallest absolute Gasteiger partial charge is 0.315 e. The maximum atomic E-state index is 14.4. The van der Waals surface area contributed by atoms with Crippen molar-refractivity contribution in [3.05, 3.63) is 108 Å². The number of hydrogen-bond acceptors (Lipinski definition) is 12. The second-order valence-corrected chi connectivity index (χ2v) is 14.2. The third kappa shape index (κ3) is 11.6. The zero-order valence-corrected chi connectivity index (χ0v) is 28.4. The van der Waals surface area contributed by atoms with Gasteiger partial charge < -0.3 is 11.1 Å². The fourth-order valence-corrected chi connectivity index (χ4v) is 5.81. The molecule has 0 bridgehead atoms. The number of hydrogen-bond donors (Lipinski definition) is 2. The molecule has 0 aliphatic heterocycles. The first-order valence-electron chi connectivity index (χ1n) is 14.3. The predicted octanol–water partition coefficient (Wildman–Crippen LogP) is 1.87. The summed E-state index contributed by atoms with van der Waals surface area (Å²) in [7, 11) is -7.45. The Kier molecular flexibility index (Phi) is 13.7. The Morgan fingerprint density at radius 1 is 0.725 bits per heavy atom. The van der Waals surface area contributed by atoms with Crippen LogP contribution in [0.3, 0.4) is 0 Å². The van der Waals surface area contributed by atoms with Crippen LogP contribution in [0.25, 0.3) is 0 Å². The second kappa shape index (κ2) is 17.5. The van der Waals surface area contributed by atoms with E-state index in [0.717, 1.165) is 33.3 Å². The molecule has 0 aliphatic rings. The van der Waals surface area contributed by atoms with E-state index in [1.165, 1.54) is 61.7 Å². The molecule has 1 amide bonds. The van der Waals surface area contributed by atoms with Gasteiger partial charge in [-0.25, -0.2) is 45.6 Å². The number of ketones is 2. The Morgan fingerprint density at radius 3 is 1.45 bits per heavy atom. The van der Waals surface area contributed by atoms with Crippen LogP contribution in [0.1, 0.15) is 31.8 Å². The first-order valence-corrected chi connectivity index (χ1v) is 18.0. The molecule has 51 heavy (non-hydrogen) atoms. The van der Waals surface area contributed by atoms with E-state index in [4.69, 9.17) is 5.73 Å². The number of nitrogens with one attached hydrogen (secondary N) is 1. The molecule has 0 aliphatic carbocycles. The molecule has 3 N–H and O–H groups in total. The molecule has 0 atom stereocenters. The molecule has 0 radical (unpaired) electrons. The normalized spacial score (nSPS) is 11.3. The lowest BCUT2D eigenvalue weighted by Gasteiger charge is -2.22. The van der Waals surface area contributed by atoms with Crippen molar-refractivity contribution in [3.63, 3.8) is 0 Å². The number of alkyl halides is 2. The summed E-state index contributed by atoms with van der Waals surface area (Å²) < 4.78 is 103. The first kappa shape index (κ1) is 40.0. The van der Waals surface area contributed by atoms with E-state index in [0.29, 0.717) is 0 Å². The van der Waals surface area contributed by atoms with Gasteiger partial charge in [0.25, 0.3) is 5.91 Å². The third-order valence-electron chi connectivity index (χ3n) is 6.66. The summed E-state index contributed by atoms with van der Waals surface area (Å²) in [5, 5.41) is 1.73. The van der Waals surface area contributed by atoms with Crippen molar-refractivity contribution in [2.24, 2.45) is 5.73 Å². The number of halogens is 4. The van der Waals surface area contributed by atoms with Gasteiger partial charge >= 0.3 is 6.43 Å². The highest BCUT2D eigenvalue weighted by Gasteiger charge is 2.23. The minimum atomic E-state index is -3.78. The maximum absolute atomic E-state index is 14.4. The molecule has 2 heterocycles. The summed E-state index contributed by atoms with van der Waals surface area (Å²) in [5.74, 6) is -4.35. The summed E-state index contributed by atoms with van der Waals surface area (Å²) in [6.07, 6.45) is 6.26. The number of Topliss-reactive ketones (excluding diaryl/α,β-unsaturated/α-hetero) is 2. The number of anilines is 2. The fourth-order valence-electron chi connectivity index (χ4n) is 4.11.